The highest BCUT2D eigenvalue weighted by Crippen LogP contribution is 2.13. The maximum Gasteiger partial charge on any atom is 0.166 e. The van der Waals surface area contributed by atoms with E-state index in [1.54, 1.807) is 0 Å². The monoisotopic (exact) mass is 293 g/mol. The highest BCUT2D eigenvalue weighted by molar-refractivity contribution is 5.85. The molecule has 2 aromatic rings. The van der Waals surface area contributed by atoms with Gasteiger partial charge in [0.1, 0.15) is 12.4 Å². The molecule has 1 heterocycles. The van der Waals surface area contributed by atoms with Crippen molar-refractivity contribution < 1.29 is 4.74 Å². The van der Waals surface area contributed by atoms with Crippen molar-refractivity contribution in [1.82, 2.24) is 9.97 Å². The molecule has 0 bridgehead atoms. The largest absolute Gasteiger partial charge is 0.486 e. The molecule has 20 heavy (non-hydrogen) atoms. The summed E-state index contributed by atoms with van der Waals surface area (Å²) in [5.41, 5.74) is 8.68. The summed E-state index contributed by atoms with van der Waals surface area (Å²) in [6.45, 7) is 4.97. The van der Waals surface area contributed by atoms with Crippen molar-refractivity contribution >= 4 is 12.4 Å². The first kappa shape index (κ1) is 16.4. The van der Waals surface area contributed by atoms with Gasteiger partial charge in [0.15, 0.2) is 5.82 Å². The van der Waals surface area contributed by atoms with Gasteiger partial charge in [-0.2, -0.15) is 0 Å². The van der Waals surface area contributed by atoms with Crippen molar-refractivity contribution in [3.8, 4) is 5.75 Å². The number of hydrogen-bond acceptors (Lipinski definition) is 4. The van der Waals surface area contributed by atoms with Crippen LogP contribution in [0.5, 0.6) is 5.75 Å². The average Bonchev–Trinajstić information content (AvgIpc) is 2.38. The van der Waals surface area contributed by atoms with Gasteiger partial charge in [-0.25, -0.2) is 9.97 Å². The van der Waals surface area contributed by atoms with E-state index in [0.717, 1.165) is 23.6 Å². The second-order valence-electron chi connectivity index (χ2n) is 4.56. The zero-order valence-electron chi connectivity index (χ0n) is 11.8. The molecule has 0 fully saturated rings. The lowest BCUT2D eigenvalue weighted by molar-refractivity contribution is 0.295. The van der Waals surface area contributed by atoms with Crippen LogP contribution in [-0.4, -0.2) is 16.5 Å². The topological polar surface area (TPSA) is 61.0 Å². The van der Waals surface area contributed by atoms with Gasteiger partial charge in [-0.15, -0.1) is 12.4 Å². The van der Waals surface area contributed by atoms with Crippen molar-refractivity contribution in [3.63, 3.8) is 0 Å². The van der Waals surface area contributed by atoms with Gasteiger partial charge >= 0.3 is 0 Å². The van der Waals surface area contributed by atoms with E-state index in [1.165, 1.54) is 5.56 Å². The van der Waals surface area contributed by atoms with Crippen molar-refractivity contribution in [3.05, 3.63) is 53.1 Å². The number of benzene rings is 1. The summed E-state index contributed by atoms with van der Waals surface area (Å²) in [6, 6.07) is 9.90. The number of aryl methyl sites for hydroxylation is 2. The highest BCUT2D eigenvalue weighted by Gasteiger charge is 2.03. The summed E-state index contributed by atoms with van der Waals surface area (Å²) in [5, 5.41) is 0. The first-order valence-electron chi connectivity index (χ1n) is 6.40. The minimum atomic E-state index is 0. The zero-order chi connectivity index (χ0) is 13.7. The Morgan fingerprint density at radius 2 is 1.80 bits per heavy atom. The summed E-state index contributed by atoms with van der Waals surface area (Å²) in [6.07, 6.45) is 0.765. The number of aromatic nitrogens is 2. The summed E-state index contributed by atoms with van der Waals surface area (Å²) < 4.78 is 5.68. The molecular weight excluding hydrogens is 274 g/mol. The molecule has 4 nitrogen and oxygen atoms in total. The second-order valence-corrected chi connectivity index (χ2v) is 4.56. The van der Waals surface area contributed by atoms with Crippen LogP contribution in [0.3, 0.4) is 0 Å². The second kappa shape index (κ2) is 7.82. The maximum atomic E-state index is 5.68. The fraction of sp³-hybridized carbons (Fsp3) is 0.333. The van der Waals surface area contributed by atoms with Crippen LogP contribution in [0.15, 0.2) is 30.3 Å². The molecule has 0 saturated carbocycles. The van der Waals surface area contributed by atoms with Crippen molar-refractivity contribution in [1.29, 1.82) is 0 Å². The Bertz CT molecular complexity index is 543. The van der Waals surface area contributed by atoms with Crippen LogP contribution >= 0.6 is 12.4 Å². The molecule has 0 aliphatic rings. The molecule has 1 aromatic heterocycles. The predicted octanol–water partition coefficient (Wildman–Crippen LogP) is 2.60. The molecule has 0 amide bonds. The molecule has 0 unspecified atom stereocenters. The van der Waals surface area contributed by atoms with E-state index < -0.39 is 0 Å². The maximum absolute atomic E-state index is 5.68. The Hall–Kier alpha value is -1.65. The molecule has 0 aliphatic carbocycles. The smallest absolute Gasteiger partial charge is 0.166 e. The molecule has 5 heteroatoms. The number of rotatable bonds is 5. The first-order chi connectivity index (χ1) is 9.17. The molecule has 0 aliphatic heterocycles. The van der Waals surface area contributed by atoms with Crippen LogP contribution in [-0.2, 0) is 13.0 Å². The van der Waals surface area contributed by atoms with Gasteiger partial charge in [-0.3, -0.25) is 0 Å². The lowest BCUT2D eigenvalue weighted by Gasteiger charge is -2.08. The van der Waals surface area contributed by atoms with E-state index in [0.29, 0.717) is 19.0 Å². The summed E-state index contributed by atoms with van der Waals surface area (Å²) in [5.74, 6) is 1.53. The molecule has 0 atom stereocenters. The van der Waals surface area contributed by atoms with Crippen LogP contribution in [0, 0.1) is 13.8 Å². The fourth-order valence-corrected chi connectivity index (χ4v) is 1.82. The van der Waals surface area contributed by atoms with E-state index in [2.05, 4.69) is 9.97 Å². The predicted molar refractivity (Wildman–Crippen MR) is 82.3 cm³/mol. The molecule has 0 saturated heterocycles. The minimum absolute atomic E-state index is 0. The standard InChI is InChI=1S/C15H19N3O.ClH/c1-11-3-5-14(6-4-11)19-10-15-17-12(2)9-13(18-15)7-8-16;/h3-6,9H,7-8,10,16H2,1-2H3;1H. The van der Waals surface area contributed by atoms with Crippen LogP contribution in [0.2, 0.25) is 0 Å². The third kappa shape index (κ3) is 4.79. The van der Waals surface area contributed by atoms with Gasteiger partial charge in [0.25, 0.3) is 0 Å². The van der Waals surface area contributed by atoms with Gasteiger partial charge in [0, 0.05) is 17.8 Å². The van der Waals surface area contributed by atoms with E-state index in [-0.39, 0.29) is 12.4 Å². The molecule has 0 radical (unpaired) electrons. The van der Waals surface area contributed by atoms with Crippen LogP contribution < -0.4 is 10.5 Å². The van der Waals surface area contributed by atoms with E-state index in [1.807, 2.05) is 44.2 Å². The number of halogens is 1. The third-order valence-corrected chi connectivity index (χ3v) is 2.74. The summed E-state index contributed by atoms with van der Waals surface area (Å²) >= 11 is 0. The summed E-state index contributed by atoms with van der Waals surface area (Å²) in [7, 11) is 0. The molecule has 2 rings (SSSR count). The van der Waals surface area contributed by atoms with E-state index in [4.69, 9.17) is 10.5 Å². The van der Waals surface area contributed by atoms with Gasteiger partial charge in [-0.05, 0) is 38.6 Å². The van der Waals surface area contributed by atoms with Gasteiger partial charge in [0.2, 0.25) is 0 Å². The molecule has 0 spiro atoms. The Morgan fingerprint density at radius 1 is 1.10 bits per heavy atom. The number of nitrogens with zero attached hydrogens (tertiary/aromatic N) is 2. The molecular formula is C15H20ClN3O. The average molecular weight is 294 g/mol. The van der Waals surface area contributed by atoms with E-state index in [9.17, 15) is 0 Å². The van der Waals surface area contributed by atoms with E-state index >= 15 is 0 Å². The highest BCUT2D eigenvalue weighted by atomic mass is 35.5. The number of nitrogens with two attached hydrogens (primary N) is 1. The zero-order valence-corrected chi connectivity index (χ0v) is 12.6. The summed E-state index contributed by atoms with van der Waals surface area (Å²) in [4.78, 5) is 8.81. The molecule has 1 aromatic carbocycles. The van der Waals surface area contributed by atoms with Crippen LogP contribution in [0.25, 0.3) is 0 Å². The Labute approximate surface area is 125 Å². The van der Waals surface area contributed by atoms with Crippen molar-refractivity contribution in [2.24, 2.45) is 5.73 Å². The first-order valence-corrected chi connectivity index (χ1v) is 6.40. The lowest BCUT2D eigenvalue weighted by Crippen LogP contribution is -2.09. The van der Waals surface area contributed by atoms with Crippen LogP contribution in [0.4, 0.5) is 0 Å². The molecule has 108 valence electrons. The Kier molecular flexibility index (Phi) is 6.42. The fourth-order valence-electron chi connectivity index (χ4n) is 1.82. The number of ether oxygens (including phenoxy) is 1. The third-order valence-electron chi connectivity index (χ3n) is 2.74. The van der Waals surface area contributed by atoms with Crippen LogP contribution in [0.1, 0.15) is 22.8 Å². The molecule has 2 N–H and O–H groups in total. The van der Waals surface area contributed by atoms with Crippen molar-refractivity contribution in [2.45, 2.75) is 26.9 Å². The normalized spacial score (nSPS) is 9.95. The Balaban J connectivity index is 0.00000200. The number of hydrogen-bond donors (Lipinski definition) is 1. The van der Waals surface area contributed by atoms with Gasteiger partial charge in [-0.1, -0.05) is 17.7 Å². The quantitative estimate of drug-likeness (QED) is 0.920. The lowest BCUT2D eigenvalue weighted by atomic mass is 10.2. The Morgan fingerprint density at radius 3 is 2.45 bits per heavy atom. The SMILES string of the molecule is Cc1ccc(OCc2nc(C)cc(CCN)n2)cc1.Cl. The van der Waals surface area contributed by atoms with Crippen molar-refractivity contribution in [2.75, 3.05) is 6.54 Å². The van der Waals surface area contributed by atoms with Gasteiger partial charge < -0.3 is 10.5 Å². The van der Waals surface area contributed by atoms with Gasteiger partial charge in [0.05, 0.1) is 0 Å². The minimum Gasteiger partial charge on any atom is -0.486 e.